The molecular weight excluding hydrogens is 711 g/mol. The van der Waals surface area contributed by atoms with Crippen LogP contribution in [0.2, 0.25) is 0 Å². The van der Waals surface area contributed by atoms with Gasteiger partial charge in [0.25, 0.3) is 0 Å². The summed E-state index contributed by atoms with van der Waals surface area (Å²) in [4.78, 5) is 16.2. The van der Waals surface area contributed by atoms with Crippen molar-refractivity contribution in [3.8, 4) is 11.3 Å². The summed E-state index contributed by atoms with van der Waals surface area (Å²) in [5.41, 5.74) is 8.54. The van der Waals surface area contributed by atoms with Crippen LogP contribution in [0.4, 0.5) is 0 Å². The minimum atomic E-state index is 0. The second-order valence-corrected chi connectivity index (χ2v) is 12.8. The van der Waals surface area contributed by atoms with E-state index in [0.717, 1.165) is 50.7 Å². The molecule has 0 aliphatic rings. The molecule has 229 valence electrons. The van der Waals surface area contributed by atoms with E-state index in [-0.39, 0.29) is 31.6 Å². The number of aryl methyl sites for hydroxylation is 2. The van der Waals surface area contributed by atoms with E-state index < -0.39 is 0 Å². The number of aliphatic hydroxyl groups excluding tert-OH is 1. The van der Waals surface area contributed by atoms with Crippen molar-refractivity contribution in [1.29, 1.82) is 0 Å². The Morgan fingerprint density at radius 1 is 0.860 bits per heavy atom. The Balaban J connectivity index is 0.000000310. The fourth-order valence-corrected chi connectivity index (χ4v) is 5.42. The number of carbonyl (C=O) groups is 1. The molecule has 0 saturated heterocycles. The van der Waals surface area contributed by atoms with E-state index in [0.29, 0.717) is 30.6 Å². The van der Waals surface area contributed by atoms with Crippen LogP contribution >= 0.6 is 0 Å². The SMILES string of the molecule is CC(C)CC(=O)/C=C(\O)CC(C)C.Cc1[c-]c(-c2cc(CC(C)C)c3cc4c(cc3n2)oc2ccccc24)cc(C)c1.[Ir]. The van der Waals surface area contributed by atoms with E-state index in [4.69, 9.17) is 9.40 Å². The molecule has 5 heteroatoms. The average molecular weight is 755 g/mol. The van der Waals surface area contributed by atoms with Crippen LogP contribution in [0.15, 0.2) is 70.8 Å². The average Bonchev–Trinajstić information content (AvgIpc) is 3.23. The number of allylic oxidation sites excluding steroid dienone is 2. The Kier molecular flexibility index (Phi) is 11.9. The van der Waals surface area contributed by atoms with Crippen LogP contribution in [0.25, 0.3) is 44.1 Å². The fourth-order valence-electron chi connectivity index (χ4n) is 5.42. The molecule has 0 amide bonds. The van der Waals surface area contributed by atoms with Crippen molar-refractivity contribution in [2.24, 2.45) is 17.8 Å². The topological polar surface area (TPSA) is 63.3 Å². The van der Waals surface area contributed by atoms with E-state index in [1.165, 1.54) is 22.6 Å². The smallest absolute Gasteiger partial charge is 0.159 e. The van der Waals surface area contributed by atoms with Crippen LogP contribution in [-0.2, 0) is 31.3 Å². The standard InChI is InChI=1S/C27H24NO.C11H20O2.Ir/c1-16(2)9-19-13-24(20-11-17(3)10-18(4)12-20)28-25-15-27-23(14-22(19)25)21-7-5-6-8-26(21)29-27;1-8(2)5-10(12)7-11(13)6-9(3)4;/h5-8,10-11,13-16H,9H2,1-4H3;7-9,12H,5-6H2,1-4H3;/q-1;;/b;10-7-;. The van der Waals surface area contributed by atoms with Crippen molar-refractivity contribution in [2.45, 2.75) is 74.7 Å². The number of pyridine rings is 1. The molecule has 1 radical (unpaired) electrons. The molecule has 0 fully saturated rings. The summed E-state index contributed by atoms with van der Waals surface area (Å²) < 4.78 is 6.12. The number of nitrogens with zero attached hydrogens (tertiary/aromatic N) is 1. The van der Waals surface area contributed by atoms with Gasteiger partial charge in [-0.3, -0.25) is 9.78 Å². The quantitative estimate of drug-likeness (QED) is 0.0973. The van der Waals surface area contributed by atoms with Gasteiger partial charge >= 0.3 is 0 Å². The first-order valence-electron chi connectivity index (χ1n) is 15.1. The van der Waals surface area contributed by atoms with Crippen molar-refractivity contribution in [3.05, 3.63) is 89.2 Å². The van der Waals surface area contributed by atoms with E-state index in [1.54, 1.807) is 0 Å². The molecule has 0 unspecified atom stereocenters. The van der Waals surface area contributed by atoms with E-state index in [1.807, 2.05) is 39.8 Å². The van der Waals surface area contributed by atoms with Gasteiger partial charge in [-0.1, -0.05) is 79.7 Å². The third-order valence-electron chi connectivity index (χ3n) is 7.00. The predicted octanol–water partition coefficient (Wildman–Crippen LogP) is 10.5. The van der Waals surface area contributed by atoms with Gasteiger partial charge in [0.2, 0.25) is 0 Å². The largest absolute Gasteiger partial charge is 0.512 e. The van der Waals surface area contributed by atoms with E-state index in [9.17, 15) is 9.90 Å². The Morgan fingerprint density at radius 2 is 1.56 bits per heavy atom. The minimum absolute atomic E-state index is 0. The summed E-state index contributed by atoms with van der Waals surface area (Å²) >= 11 is 0. The fraction of sp³-hybridized carbons (Fsp3) is 0.368. The minimum Gasteiger partial charge on any atom is -0.512 e. The number of fused-ring (bicyclic) bond motifs is 4. The van der Waals surface area contributed by atoms with Gasteiger partial charge in [-0.15, -0.1) is 34.9 Å². The Bertz CT molecular complexity index is 1720. The maximum absolute atomic E-state index is 11.2. The molecule has 3 aromatic carbocycles. The summed E-state index contributed by atoms with van der Waals surface area (Å²) in [5, 5.41) is 12.9. The van der Waals surface area contributed by atoms with E-state index >= 15 is 0 Å². The molecule has 2 heterocycles. The number of aromatic nitrogens is 1. The predicted molar refractivity (Wildman–Crippen MR) is 176 cm³/mol. The zero-order valence-corrected chi connectivity index (χ0v) is 29.1. The van der Waals surface area contributed by atoms with Crippen molar-refractivity contribution >= 4 is 38.6 Å². The van der Waals surface area contributed by atoms with Crippen LogP contribution in [0.1, 0.15) is 71.1 Å². The van der Waals surface area contributed by atoms with Gasteiger partial charge in [-0.25, -0.2) is 0 Å². The normalized spacial score (nSPS) is 11.8. The number of hydrogen-bond donors (Lipinski definition) is 1. The molecule has 0 aliphatic carbocycles. The molecule has 0 spiro atoms. The molecule has 4 nitrogen and oxygen atoms in total. The number of carbonyl (C=O) groups excluding carboxylic acids is 1. The number of para-hydroxylation sites is 1. The molecule has 0 atom stereocenters. The Hall–Kier alpha value is -3.27. The third kappa shape index (κ3) is 9.11. The molecule has 5 aromatic rings. The number of hydrogen-bond acceptors (Lipinski definition) is 4. The number of aliphatic hydroxyl groups is 1. The van der Waals surface area contributed by atoms with Gasteiger partial charge < -0.3 is 9.52 Å². The molecule has 0 saturated carbocycles. The number of benzene rings is 3. The van der Waals surface area contributed by atoms with Crippen molar-refractivity contribution < 1.29 is 34.4 Å². The molecule has 5 rings (SSSR count). The first kappa shape index (κ1) is 34.2. The van der Waals surface area contributed by atoms with E-state index in [2.05, 4.69) is 76.2 Å². The number of rotatable bonds is 8. The molecule has 0 bridgehead atoms. The van der Waals surface area contributed by atoms with Crippen molar-refractivity contribution in [1.82, 2.24) is 4.98 Å². The number of furan rings is 1. The van der Waals surface area contributed by atoms with Gasteiger partial charge in [0.05, 0.1) is 11.3 Å². The summed E-state index contributed by atoms with van der Waals surface area (Å²) in [5.74, 6) is 1.54. The van der Waals surface area contributed by atoms with Gasteiger partial charge in [0.15, 0.2) is 5.78 Å². The molecule has 0 aliphatic heterocycles. The van der Waals surface area contributed by atoms with Crippen LogP contribution in [-0.4, -0.2) is 15.9 Å². The second kappa shape index (κ2) is 14.9. The molecular formula is C38H44IrNO3-. The number of ketones is 1. The van der Waals surface area contributed by atoms with Gasteiger partial charge in [0, 0.05) is 61.2 Å². The Morgan fingerprint density at radius 3 is 2.21 bits per heavy atom. The zero-order chi connectivity index (χ0) is 30.6. The second-order valence-electron chi connectivity index (χ2n) is 12.8. The summed E-state index contributed by atoms with van der Waals surface area (Å²) in [7, 11) is 0. The van der Waals surface area contributed by atoms with Gasteiger partial charge in [-0.05, 0) is 47.6 Å². The maximum atomic E-state index is 11.2. The van der Waals surface area contributed by atoms with Crippen molar-refractivity contribution in [3.63, 3.8) is 0 Å². The molecule has 1 N–H and O–H groups in total. The van der Waals surface area contributed by atoms with Gasteiger partial charge in [-0.2, -0.15) is 0 Å². The van der Waals surface area contributed by atoms with Crippen LogP contribution in [0.5, 0.6) is 0 Å². The van der Waals surface area contributed by atoms with Crippen molar-refractivity contribution in [2.75, 3.05) is 0 Å². The zero-order valence-electron chi connectivity index (χ0n) is 26.7. The first-order chi connectivity index (χ1) is 19.9. The molecule has 43 heavy (non-hydrogen) atoms. The van der Waals surface area contributed by atoms with Gasteiger partial charge in [0.1, 0.15) is 11.2 Å². The first-order valence-corrected chi connectivity index (χ1v) is 15.1. The summed E-state index contributed by atoms with van der Waals surface area (Å²) in [6.07, 6.45) is 3.48. The van der Waals surface area contributed by atoms with Crippen LogP contribution in [0, 0.1) is 37.7 Å². The third-order valence-corrected chi connectivity index (χ3v) is 7.00. The summed E-state index contributed by atoms with van der Waals surface area (Å²) in [6.45, 7) is 16.7. The Labute approximate surface area is 270 Å². The van der Waals surface area contributed by atoms with Crippen LogP contribution < -0.4 is 0 Å². The molecule has 2 aromatic heterocycles. The summed E-state index contributed by atoms with van der Waals surface area (Å²) in [6, 6.07) is 22.6. The van der Waals surface area contributed by atoms with Crippen LogP contribution in [0.3, 0.4) is 0 Å². The monoisotopic (exact) mass is 755 g/mol. The maximum Gasteiger partial charge on any atom is 0.159 e.